The van der Waals surface area contributed by atoms with Gasteiger partial charge in [-0.25, -0.2) is 4.98 Å². The lowest BCUT2D eigenvalue weighted by molar-refractivity contribution is 0.0997. The van der Waals surface area contributed by atoms with Gasteiger partial charge in [0, 0.05) is 11.1 Å². The summed E-state index contributed by atoms with van der Waals surface area (Å²) in [5.41, 5.74) is 1.75. The number of furan rings is 1. The van der Waals surface area contributed by atoms with E-state index in [1.807, 2.05) is 18.4 Å². The quantitative estimate of drug-likeness (QED) is 0.797. The number of hydrogen-bond acceptors (Lipinski definition) is 5. The maximum absolute atomic E-state index is 12.2. The first-order chi connectivity index (χ1) is 10.7. The molecule has 3 aromatic rings. The summed E-state index contributed by atoms with van der Waals surface area (Å²) in [4.78, 5) is 16.5. The minimum absolute atomic E-state index is 0.197. The zero-order valence-electron chi connectivity index (χ0n) is 11.7. The largest absolute Gasteiger partial charge is 0.449 e. The highest BCUT2D eigenvalue weighted by Gasteiger charge is 2.14. The third-order valence-corrected chi connectivity index (χ3v) is 3.72. The van der Waals surface area contributed by atoms with Crippen LogP contribution in [-0.4, -0.2) is 10.9 Å². The predicted octanol–water partition coefficient (Wildman–Crippen LogP) is 3.84. The highest BCUT2D eigenvalue weighted by Crippen LogP contribution is 2.24. The van der Waals surface area contributed by atoms with Gasteiger partial charge in [0.1, 0.15) is 5.69 Å². The first-order valence-electron chi connectivity index (χ1n) is 6.49. The Balaban J connectivity index is 1.78. The second-order valence-electron chi connectivity index (χ2n) is 4.56. The van der Waals surface area contributed by atoms with Crippen LogP contribution in [0, 0.1) is 18.3 Å². The minimum atomic E-state index is -0.367. The second-order valence-corrected chi connectivity index (χ2v) is 5.62. The van der Waals surface area contributed by atoms with E-state index < -0.39 is 0 Å². The van der Waals surface area contributed by atoms with Crippen molar-refractivity contribution in [1.29, 1.82) is 5.26 Å². The van der Waals surface area contributed by atoms with Gasteiger partial charge >= 0.3 is 0 Å². The molecular formula is C16H11N3O2S. The lowest BCUT2D eigenvalue weighted by Crippen LogP contribution is -2.10. The Morgan fingerprint density at radius 3 is 2.95 bits per heavy atom. The van der Waals surface area contributed by atoms with E-state index in [0.29, 0.717) is 22.7 Å². The van der Waals surface area contributed by atoms with Gasteiger partial charge in [0.05, 0.1) is 16.6 Å². The van der Waals surface area contributed by atoms with Gasteiger partial charge in [-0.15, -0.1) is 11.3 Å². The van der Waals surface area contributed by atoms with E-state index in [2.05, 4.69) is 10.3 Å². The van der Waals surface area contributed by atoms with Crippen LogP contribution in [0.5, 0.6) is 0 Å². The van der Waals surface area contributed by atoms with Crippen molar-refractivity contribution in [2.75, 3.05) is 5.32 Å². The number of thiazole rings is 1. The topological polar surface area (TPSA) is 78.9 Å². The Bertz CT molecular complexity index is 873. The average molecular weight is 309 g/mol. The minimum Gasteiger partial charge on any atom is -0.449 e. The Hall–Kier alpha value is -2.91. The number of nitrogens with zero attached hydrogens (tertiary/aromatic N) is 2. The van der Waals surface area contributed by atoms with E-state index in [1.54, 1.807) is 36.4 Å². The van der Waals surface area contributed by atoms with Crippen molar-refractivity contribution in [2.24, 2.45) is 0 Å². The van der Waals surface area contributed by atoms with Gasteiger partial charge in [-0.2, -0.15) is 5.26 Å². The molecule has 0 unspecified atom stereocenters. The van der Waals surface area contributed by atoms with E-state index in [-0.39, 0.29) is 11.7 Å². The fourth-order valence-electron chi connectivity index (χ4n) is 1.93. The number of benzene rings is 1. The van der Waals surface area contributed by atoms with E-state index >= 15 is 0 Å². The molecule has 0 aliphatic rings. The summed E-state index contributed by atoms with van der Waals surface area (Å²) in [5.74, 6) is 0.386. The molecule has 0 saturated carbocycles. The number of nitrogens with one attached hydrogen (secondary N) is 1. The number of aryl methyl sites for hydroxylation is 1. The number of hydrogen-bond donors (Lipinski definition) is 1. The number of rotatable bonds is 3. The van der Waals surface area contributed by atoms with Gasteiger partial charge in [0.2, 0.25) is 0 Å². The zero-order chi connectivity index (χ0) is 15.5. The molecule has 2 heterocycles. The number of amides is 1. The summed E-state index contributed by atoms with van der Waals surface area (Å²) in [5, 5.41) is 14.4. The standard InChI is InChI=1S/C16H11N3O2S/c1-10-18-13(9-22-10)14-5-6-15(21-14)16(20)19-12-4-2-3-11(7-12)8-17/h2-7,9H,1H3,(H,19,20). The Labute approximate surface area is 130 Å². The van der Waals surface area contributed by atoms with Gasteiger partial charge in [-0.3, -0.25) is 4.79 Å². The van der Waals surface area contributed by atoms with Crippen LogP contribution in [0.4, 0.5) is 5.69 Å². The maximum Gasteiger partial charge on any atom is 0.291 e. The van der Waals surface area contributed by atoms with Crippen LogP contribution in [0.3, 0.4) is 0 Å². The van der Waals surface area contributed by atoms with Gasteiger partial charge in [-0.05, 0) is 37.3 Å². The summed E-state index contributed by atoms with van der Waals surface area (Å²) in [6.45, 7) is 1.91. The molecule has 0 saturated heterocycles. The third kappa shape index (κ3) is 2.90. The molecule has 0 radical (unpaired) electrons. The van der Waals surface area contributed by atoms with Crippen molar-refractivity contribution in [1.82, 2.24) is 4.98 Å². The summed E-state index contributed by atoms with van der Waals surface area (Å²) in [6.07, 6.45) is 0. The van der Waals surface area contributed by atoms with E-state index in [4.69, 9.17) is 9.68 Å². The number of anilines is 1. The van der Waals surface area contributed by atoms with Crippen molar-refractivity contribution >= 4 is 22.9 Å². The van der Waals surface area contributed by atoms with Crippen LogP contribution >= 0.6 is 11.3 Å². The monoisotopic (exact) mass is 309 g/mol. The Kier molecular flexibility index (Phi) is 3.73. The van der Waals surface area contributed by atoms with Crippen LogP contribution in [0.1, 0.15) is 21.1 Å². The smallest absolute Gasteiger partial charge is 0.291 e. The van der Waals surface area contributed by atoms with Crippen molar-refractivity contribution in [3.05, 3.63) is 58.1 Å². The summed E-state index contributed by atoms with van der Waals surface area (Å²) in [6, 6.07) is 12.0. The molecule has 0 bridgehead atoms. The van der Waals surface area contributed by atoms with E-state index in [1.165, 1.54) is 11.3 Å². The van der Waals surface area contributed by atoms with Crippen LogP contribution < -0.4 is 5.32 Å². The van der Waals surface area contributed by atoms with Crippen molar-refractivity contribution < 1.29 is 9.21 Å². The molecule has 0 aliphatic heterocycles. The molecule has 22 heavy (non-hydrogen) atoms. The first-order valence-corrected chi connectivity index (χ1v) is 7.37. The predicted molar refractivity (Wildman–Crippen MR) is 83.7 cm³/mol. The first kappa shape index (κ1) is 14.0. The van der Waals surface area contributed by atoms with E-state index in [0.717, 1.165) is 5.01 Å². The highest BCUT2D eigenvalue weighted by molar-refractivity contribution is 7.09. The molecule has 108 valence electrons. The number of aromatic nitrogens is 1. The van der Waals surface area contributed by atoms with Crippen LogP contribution in [0.15, 0.2) is 46.2 Å². The molecule has 0 aliphatic carbocycles. The third-order valence-electron chi connectivity index (χ3n) is 2.95. The normalized spacial score (nSPS) is 10.2. The average Bonchev–Trinajstić information content (AvgIpc) is 3.16. The highest BCUT2D eigenvalue weighted by atomic mass is 32.1. The number of nitriles is 1. The molecule has 0 spiro atoms. The fourth-order valence-corrected chi connectivity index (χ4v) is 2.54. The van der Waals surface area contributed by atoms with Gasteiger partial charge in [0.15, 0.2) is 11.5 Å². The molecular weight excluding hydrogens is 298 g/mol. The van der Waals surface area contributed by atoms with Crippen LogP contribution in [0.2, 0.25) is 0 Å². The van der Waals surface area contributed by atoms with Gasteiger partial charge in [0.25, 0.3) is 5.91 Å². The molecule has 5 nitrogen and oxygen atoms in total. The SMILES string of the molecule is Cc1nc(-c2ccc(C(=O)Nc3cccc(C#N)c3)o2)cs1. The number of carbonyl (C=O) groups is 1. The zero-order valence-corrected chi connectivity index (χ0v) is 12.5. The second kappa shape index (κ2) is 5.84. The molecule has 2 aromatic heterocycles. The lowest BCUT2D eigenvalue weighted by atomic mass is 10.2. The van der Waals surface area contributed by atoms with Gasteiger partial charge in [-0.1, -0.05) is 6.07 Å². The molecule has 1 N–H and O–H groups in total. The summed E-state index contributed by atoms with van der Waals surface area (Å²) < 4.78 is 5.54. The van der Waals surface area contributed by atoms with Crippen LogP contribution in [-0.2, 0) is 0 Å². The molecule has 6 heteroatoms. The van der Waals surface area contributed by atoms with Crippen molar-refractivity contribution in [3.63, 3.8) is 0 Å². The maximum atomic E-state index is 12.2. The summed E-state index contributed by atoms with van der Waals surface area (Å²) in [7, 11) is 0. The molecule has 1 aromatic carbocycles. The summed E-state index contributed by atoms with van der Waals surface area (Å²) >= 11 is 1.52. The molecule has 1 amide bonds. The Morgan fingerprint density at radius 2 is 2.23 bits per heavy atom. The lowest BCUT2D eigenvalue weighted by Gasteiger charge is -2.03. The molecule has 0 fully saturated rings. The van der Waals surface area contributed by atoms with E-state index in [9.17, 15) is 4.79 Å². The van der Waals surface area contributed by atoms with Crippen molar-refractivity contribution in [3.8, 4) is 17.5 Å². The fraction of sp³-hybridized carbons (Fsp3) is 0.0625. The molecule has 0 atom stereocenters. The van der Waals surface area contributed by atoms with Crippen molar-refractivity contribution in [2.45, 2.75) is 6.92 Å². The Morgan fingerprint density at radius 1 is 1.36 bits per heavy atom. The number of carbonyl (C=O) groups excluding carboxylic acids is 1. The molecule has 3 rings (SSSR count). The van der Waals surface area contributed by atoms with Crippen LogP contribution in [0.25, 0.3) is 11.5 Å². The van der Waals surface area contributed by atoms with Gasteiger partial charge < -0.3 is 9.73 Å².